The Labute approximate surface area is 497 Å². The molecule has 6 fully saturated rings. The maximum Gasteiger partial charge on any atom is 0.277 e. The molecule has 6 heterocycles. The molecule has 0 aromatic carbocycles. The highest BCUT2D eigenvalue weighted by molar-refractivity contribution is 5.83. The summed E-state index contributed by atoms with van der Waals surface area (Å²) in [6.07, 6.45) is -61.3. The van der Waals surface area contributed by atoms with Gasteiger partial charge in [0.2, 0.25) is 17.7 Å². The number of carbonyl (C=O) groups excluding carboxylic acids is 5. The molecule has 6 aliphatic rings. The number of aliphatic hydroxyl groups excluding tert-OH is 19. The lowest BCUT2D eigenvalue weighted by atomic mass is 9.87. The first-order chi connectivity index (χ1) is 41.3. The van der Waals surface area contributed by atoms with E-state index in [2.05, 4.69) is 16.0 Å². The van der Waals surface area contributed by atoms with Gasteiger partial charge in [-0.15, -0.1) is 0 Å². The van der Waals surface area contributed by atoms with E-state index in [-0.39, 0.29) is 0 Å². The van der Waals surface area contributed by atoms with E-state index in [1.165, 1.54) is 0 Å². The SMILES string of the molecule is CC(=O)N[C@H]1[C@H](O[C@@H]2[C@H](O[C@]3(C(N)=O)C[C@H](O)[C@@H](NC(C)=O)[C@H]([C@H](O)[C@H](O)CO)O3)[C@@H](O)[C@H](O[C@H]3[C@H](O)[C@@H](O)[C@H](O)O[C@@H]3CO)O[C@@H]2CO)O[C@H](CO)[C@H](O)[C@@H]1O[C@@H]1O[C@H](CO)[C@H](O)[C@H](O[C@]2(C(N)=O)C[C@H](O)[C@@H](NC(C)=O)[C@H]([C@H](O)[C@H](O)CO)O2)[C@H]1O. The van der Waals surface area contributed by atoms with Gasteiger partial charge in [0.25, 0.3) is 23.4 Å². The molecule has 26 N–H and O–H groups in total. The first kappa shape index (κ1) is 73.2. The maximum atomic E-state index is 13.8. The summed E-state index contributed by atoms with van der Waals surface area (Å²) in [5.41, 5.74) is 11.6. The predicted octanol–water partition coefficient (Wildman–Crippen LogP) is -16.5. The van der Waals surface area contributed by atoms with Crippen LogP contribution in [0.25, 0.3) is 0 Å². The molecule has 0 unspecified atom stereocenters. The van der Waals surface area contributed by atoms with E-state index >= 15 is 0 Å². The van der Waals surface area contributed by atoms with Crippen LogP contribution in [0.15, 0.2) is 0 Å². The number of ether oxygens (including phenoxy) is 11. The standard InChI is InChI=1S/C48H81N5O35/c1-12(60)51-23-15(63)4-47(45(49)76,85-37(23)26(67)17(65)6-54)87-39-29(70)20(9-57)80-43(32(39)73)84-36-25(53-14(3)62)42(79-19(8-56)28(36)69)83-35-22(11-59)81-44(82-34-21(10-58)78-41(75)31(72)30(34)71)33(74)40(35)88-48(46(50)77)5-16(64)24(52-13(2)61)38(86-48)27(68)18(66)7-55/h15-44,54-59,63-75H,4-11H2,1-3H3,(H2,49,76)(H2,50,77)(H,51,60)(H,52,61)(H,53,62)/t15-,16-,17+,18+,19+,20+,21+,22+,23+,24+,25+,26+,27+,28-,29-,30+,31+,32+,33+,34+,35-,36+,37+,38+,39-,40+,41+,42-,43-,44-,47-,48-/m0/s1. The third-order valence-electron chi connectivity index (χ3n) is 15.7. The summed E-state index contributed by atoms with van der Waals surface area (Å²) in [6, 6.07) is -5.49. The highest BCUT2D eigenvalue weighted by Crippen LogP contribution is 2.42. The third kappa shape index (κ3) is 15.6. The largest absolute Gasteiger partial charge is 0.394 e. The summed E-state index contributed by atoms with van der Waals surface area (Å²) >= 11 is 0. The molecule has 6 rings (SSSR count). The van der Waals surface area contributed by atoms with Crippen molar-refractivity contribution >= 4 is 29.5 Å². The van der Waals surface area contributed by atoms with Crippen LogP contribution in [0.5, 0.6) is 0 Å². The van der Waals surface area contributed by atoms with Gasteiger partial charge in [0.15, 0.2) is 25.2 Å². The van der Waals surface area contributed by atoms with E-state index in [1.807, 2.05) is 0 Å². The fourth-order valence-electron chi connectivity index (χ4n) is 11.2. The molecule has 0 aliphatic carbocycles. The number of aliphatic hydroxyl groups is 19. The molecule has 88 heavy (non-hydrogen) atoms. The highest BCUT2D eigenvalue weighted by atomic mass is 16.8. The van der Waals surface area contributed by atoms with Gasteiger partial charge in [-0.2, -0.15) is 0 Å². The van der Waals surface area contributed by atoms with Gasteiger partial charge in [0, 0.05) is 33.6 Å². The molecule has 0 radical (unpaired) electrons. The molecule has 508 valence electrons. The zero-order valence-electron chi connectivity index (χ0n) is 47.2. The molecule has 0 saturated carbocycles. The van der Waals surface area contributed by atoms with E-state index in [0.29, 0.717) is 0 Å². The summed E-state index contributed by atoms with van der Waals surface area (Å²) in [6.45, 7) is -4.26. The monoisotopic (exact) mass is 1290 g/mol. The van der Waals surface area contributed by atoms with E-state index in [4.69, 9.17) is 63.6 Å². The fraction of sp³-hybridized carbons (Fsp3) is 0.896. The number of rotatable bonds is 25. The Morgan fingerprint density at radius 1 is 0.455 bits per heavy atom. The Balaban J connectivity index is 1.42. The Morgan fingerprint density at radius 2 is 0.818 bits per heavy atom. The van der Waals surface area contributed by atoms with Gasteiger partial charge in [-0.1, -0.05) is 0 Å². The number of nitrogens with one attached hydrogen (secondary N) is 3. The van der Waals surface area contributed by atoms with Crippen molar-refractivity contribution in [3.8, 4) is 0 Å². The van der Waals surface area contributed by atoms with Crippen molar-refractivity contribution < 1.29 is 173 Å². The molecule has 6 saturated heterocycles. The molecular formula is C48H81N5O35. The van der Waals surface area contributed by atoms with Crippen LogP contribution in [0.1, 0.15) is 33.6 Å². The minimum Gasteiger partial charge on any atom is -0.394 e. The van der Waals surface area contributed by atoms with Crippen LogP contribution in [0.4, 0.5) is 0 Å². The van der Waals surface area contributed by atoms with Crippen LogP contribution in [0.3, 0.4) is 0 Å². The zero-order chi connectivity index (χ0) is 65.8. The van der Waals surface area contributed by atoms with Gasteiger partial charge in [-0.3, -0.25) is 24.0 Å². The van der Waals surface area contributed by atoms with Crippen LogP contribution < -0.4 is 27.4 Å². The number of primary amides is 2. The average molecular weight is 1290 g/mol. The number of hydrogen-bond acceptors (Lipinski definition) is 35. The van der Waals surface area contributed by atoms with Crippen LogP contribution >= 0.6 is 0 Å². The second kappa shape index (κ2) is 30.7. The lowest BCUT2D eigenvalue weighted by Crippen LogP contribution is -2.73. The van der Waals surface area contributed by atoms with E-state index < -0.39 is 277 Å². The van der Waals surface area contributed by atoms with Crippen molar-refractivity contribution in [3.63, 3.8) is 0 Å². The lowest BCUT2D eigenvalue weighted by molar-refractivity contribution is -0.402. The number of amides is 5. The Kier molecular flexibility index (Phi) is 25.6. The third-order valence-corrected chi connectivity index (χ3v) is 15.7. The van der Waals surface area contributed by atoms with Crippen LogP contribution in [0.2, 0.25) is 0 Å². The van der Waals surface area contributed by atoms with Gasteiger partial charge < -0.3 is 177 Å². The van der Waals surface area contributed by atoms with E-state index in [9.17, 15) is 121 Å². The van der Waals surface area contributed by atoms with Gasteiger partial charge >= 0.3 is 0 Å². The Bertz CT molecular complexity index is 2330. The molecule has 0 spiro atoms. The van der Waals surface area contributed by atoms with Crippen molar-refractivity contribution in [2.75, 3.05) is 39.6 Å². The molecule has 32 atom stereocenters. The molecule has 5 amide bonds. The summed E-state index contributed by atoms with van der Waals surface area (Å²) in [5.74, 6) is -12.4. The van der Waals surface area contributed by atoms with Gasteiger partial charge in [-0.05, 0) is 0 Å². The van der Waals surface area contributed by atoms with Crippen LogP contribution in [0, 0.1) is 0 Å². The maximum absolute atomic E-state index is 13.8. The summed E-state index contributed by atoms with van der Waals surface area (Å²) in [5, 5.41) is 214. The predicted molar refractivity (Wildman–Crippen MR) is 271 cm³/mol. The number of carbonyl (C=O) groups is 5. The summed E-state index contributed by atoms with van der Waals surface area (Å²) in [7, 11) is 0. The number of hydrogen-bond donors (Lipinski definition) is 24. The Hall–Kier alpha value is -3.85. The molecule has 40 nitrogen and oxygen atoms in total. The second-order valence-electron chi connectivity index (χ2n) is 21.9. The summed E-state index contributed by atoms with van der Waals surface area (Å²) < 4.78 is 64.6. The van der Waals surface area contributed by atoms with Crippen molar-refractivity contribution in [2.45, 2.75) is 229 Å². The van der Waals surface area contributed by atoms with Gasteiger partial charge in [-0.25, -0.2) is 0 Å². The van der Waals surface area contributed by atoms with Crippen molar-refractivity contribution in [3.05, 3.63) is 0 Å². The highest BCUT2D eigenvalue weighted by Gasteiger charge is 2.63. The van der Waals surface area contributed by atoms with Crippen LogP contribution in [-0.4, -0.2) is 361 Å². The second-order valence-corrected chi connectivity index (χ2v) is 21.9. The minimum absolute atomic E-state index is 0.835. The first-order valence-corrected chi connectivity index (χ1v) is 27.5. The summed E-state index contributed by atoms with van der Waals surface area (Å²) in [4.78, 5) is 65.0. The van der Waals surface area contributed by atoms with E-state index in [1.54, 1.807) is 0 Å². The van der Waals surface area contributed by atoms with Crippen molar-refractivity contribution in [2.24, 2.45) is 11.5 Å². The van der Waals surface area contributed by atoms with Gasteiger partial charge in [0.1, 0.15) is 134 Å². The molecule has 6 aliphatic heterocycles. The molecule has 0 aromatic rings. The number of nitrogens with two attached hydrogens (primary N) is 2. The van der Waals surface area contributed by atoms with Gasteiger partial charge in [0.05, 0.1) is 63.9 Å². The lowest BCUT2D eigenvalue weighted by Gasteiger charge is -2.53. The minimum atomic E-state index is -3.21. The molecule has 0 bridgehead atoms. The zero-order valence-corrected chi connectivity index (χ0v) is 47.2. The normalized spacial score (nSPS) is 44.6. The fourth-order valence-corrected chi connectivity index (χ4v) is 11.2. The van der Waals surface area contributed by atoms with Crippen molar-refractivity contribution in [1.82, 2.24) is 16.0 Å². The molecular weight excluding hydrogens is 1210 g/mol. The van der Waals surface area contributed by atoms with Crippen LogP contribution in [-0.2, 0) is 76.1 Å². The first-order valence-electron chi connectivity index (χ1n) is 27.5. The Morgan fingerprint density at radius 3 is 1.24 bits per heavy atom. The molecule has 0 aromatic heterocycles. The smallest absolute Gasteiger partial charge is 0.277 e. The topological polar surface area (TPSA) is 659 Å². The van der Waals surface area contributed by atoms with E-state index in [0.717, 1.165) is 20.8 Å². The quantitative estimate of drug-likeness (QED) is 0.0404. The van der Waals surface area contributed by atoms with Crippen molar-refractivity contribution in [1.29, 1.82) is 0 Å². The molecule has 40 heteroatoms. The average Bonchev–Trinajstić information content (AvgIpc) is 1.30.